The van der Waals surface area contributed by atoms with E-state index in [2.05, 4.69) is 21.2 Å². The summed E-state index contributed by atoms with van der Waals surface area (Å²) in [6, 6.07) is 9.37. The number of fused-ring (bicyclic) bond motifs is 1. The summed E-state index contributed by atoms with van der Waals surface area (Å²) in [4.78, 5) is 2.20. The van der Waals surface area contributed by atoms with Gasteiger partial charge in [-0.3, -0.25) is 4.40 Å². The van der Waals surface area contributed by atoms with E-state index in [0.29, 0.717) is 44.8 Å². The van der Waals surface area contributed by atoms with E-state index in [1.54, 1.807) is 22.6 Å². The molecule has 2 aliphatic rings. The lowest BCUT2D eigenvalue weighted by Gasteiger charge is -2.42. The Bertz CT molecular complexity index is 1260. The summed E-state index contributed by atoms with van der Waals surface area (Å²) in [5, 5.41) is 29.2. The van der Waals surface area contributed by atoms with Gasteiger partial charge in [-0.05, 0) is 31.9 Å². The Labute approximate surface area is 201 Å². The Morgan fingerprint density at radius 1 is 1.30 bits per heavy atom. The van der Waals surface area contributed by atoms with Gasteiger partial charge in [0.05, 0.1) is 28.3 Å². The second kappa shape index (κ2) is 8.42. The molecule has 3 aromatic rings. The van der Waals surface area contributed by atoms with E-state index in [0.717, 1.165) is 31.7 Å². The minimum Gasteiger partial charge on any atom is -0.388 e. The Morgan fingerprint density at radius 3 is 2.70 bits per heavy atom. The molecule has 172 valence electrons. The van der Waals surface area contributed by atoms with E-state index in [1.807, 2.05) is 13.0 Å². The lowest BCUT2D eigenvalue weighted by atomic mass is 9.73. The number of hydrogen-bond donors (Lipinski definition) is 2. The van der Waals surface area contributed by atoms with Gasteiger partial charge in [-0.2, -0.15) is 5.26 Å². The maximum Gasteiger partial charge on any atom is 0.171 e. The summed E-state index contributed by atoms with van der Waals surface area (Å²) in [5.74, 6) is 1.14. The van der Waals surface area contributed by atoms with Gasteiger partial charge in [0.25, 0.3) is 0 Å². The van der Waals surface area contributed by atoms with Gasteiger partial charge < -0.3 is 20.5 Å². The summed E-state index contributed by atoms with van der Waals surface area (Å²) in [5.41, 5.74) is 8.44. The standard InChI is InChI=1S/C23H24Cl2N6O2/c1-13-21(27)23(12-33-13)5-7-30(8-6-23)18-9-14(10-26)19(15-3-2-4-16(24)20(15)25)22-29-28-17(11-32)31(18)22/h2-4,9,13,21,32H,5-8,11-12,27H2,1H3. The molecule has 4 heterocycles. The Hall–Kier alpha value is -2.41. The minimum absolute atomic E-state index is 0.00426. The van der Waals surface area contributed by atoms with E-state index >= 15 is 0 Å². The van der Waals surface area contributed by atoms with Crippen LogP contribution in [0.4, 0.5) is 5.82 Å². The monoisotopic (exact) mass is 486 g/mol. The molecule has 2 atom stereocenters. The fourth-order valence-electron chi connectivity index (χ4n) is 5.15. The molecule has 2 aliphatic heterocycles. The number of piperidine rings is 1. The molecule has 3 N–H and O–H groups in total. The van der Waals surface area contributed by atoms with Crippen molar-refractivity contribution in [3.05, 3.63) is 45.7 Å². The molecule has 0 aliphatic carbocycles. The number of benzene rings is 1. The van der Waals surface area contributed by atoms with Gasteiger partial charge in [-0.1, -0.05) is 35.3 Å². The zero-order chi connectivity index (χ0) is 23.3. The maximum absolute atomic E-state index is 10.0. The molecule has 8 nitrogen and oxygen atoms in total. The fourth-order valence-corrected chi connectivity index (χ4v) is 5.54. The molecule has 0 radical (unpaired) electrons. The topological polar surface area (TPSA) is 113 Å². The van der Waals surface area contributed by atoms with Gasteiger partial charge in [0.1, 0.15) is 18.5 Å². The number of aliphatic hydroxyl groups excluding tert-OH is 1. The third-order valence-corrected chi connectivity index (χ3v) is 7.96. The molecule has 0 amide bonds. The van der Waals surface area contributed by atoms with Gasteiger partial charge >= 0.3 is 0 Å². The molecule has 2 aromatic heterocycles. The number of nitriles is 1. The molecule has 2 unspecified atom stereocenters. The summed E-state index contributed by atoms with van der Waals surface area (Å²) >= 11 is 12.7. The van der Waals surface area contributed by atoms with Crippen LogP contribution in [0, 0.1) is 16.7 Å². The van der Waals surface area contributed by atoms with Crippen molar-refractivity contribution >= 4 is 34.7 Å². The smallest absolute Gasteiger partial charge is 0.171 e. The number of pyridine rings is 1. The van der Waals surface area contributed by atoms with Crippen LogP contribution >= 0.6 is 23.2 Å². The Balaban J connectivity index is 1.62. The summed E-state index contributed by atoms with van der Waals surface area (Å²) in [7, 11) is 0. The number of nitrogens with two attached hydrogens (primary N) is 1. The number of anilines is 1. The summed E-state index contributed by atoms with van der Waals surface area (Å²) < 4.78 is 7.65. The first-order chi connectivity index (χ1) is 15.9. The van der Waals surface area contributed by atoms with Crippen LogP contribution in [0.15, 0.2) is 24.3 Å². The number of hydrogen-bond acceptors (Lipinski definition) is 7. The Kier molecular flexibility index (Phi) is 5.71. The number of rotatable bonds is 3. The van der Waals surface area contributed by atoms with Crippen LogP contribution in [-0.4, -0.2) is 51.5 Å². The highest BCUT2D eigenvalue weighted by Crippen LogP contribution is 2.43. The number of halogens is 2. The van der Waals surface area contributed by atoms with Crippen molar-refractivity contribution in [1.82, 2.24) is 14.6 Å². The summed E-state index contributed by atoms with van der Waals surface area (Å²) in [6.07, 6.45) is 1.80. The number of nitrogens with zero attached hydrogens (tertiary/aromatic N) is 5. The molecule has 1 aromatic carbocycles. The molecule has 2 saturated heterocycles. The van der Waals surface area contributed by atoms with E-state index in [-0.39, 0.29) is 24.2 Å². The van der Waals surface area contributed by atoms with Crippen LogP contribution in [0.25, 0.3) is 16.8 Å². The van der Waals surface area contributed by atoms with Crippen LogP contribution in [-0.2, 0) is 11.3 Å². The highest BCUT2D eigenvalue weighted by Gasteiger charge is 2.47. The fraction of sp³-hybridized carbons (Fsp3) is 0.435. The van der Waals surface area contributed by atoms with E-state index < -0.39 is 0 Å². The predicted molar refractivity (Wildman–Crippen MR) is 126 cm³/mol. The molecule has 1 spiro atoms. The first-order valence-electron chi connectivity index (χ1n) is 10.9. The van der Waals surface area contributed by atoms with Gasteiger partial charge in [-0.25, -0.2) is 0 Å². The molecule has 0 bridgehead atoms. The van der Waals surface area contributed by atoms with E-state index in [1.165, 1.54) is 0 Å². The maximum atomic E-state index is 10.0. The lowest BCUT2D eigenvalue weighted by molar-refractivity contribution is 0.0974. The molecular weight excluding hydrogens is 463 g/mol. The first-order valence-corrected chi connectivity index (χ1v) is 11.6. The van der Waals surface area contributed by atoms with Crippen LogP contribution in [0.1, 0.15) is 31.2 Å². The largest absolute Gasteiger partial charge is 0.388 e. The molecular formula is C23H24Cl2N6O2. The van der Waals surface area contributed by atoms with Crippen LogP contribution < -0.4 is 10.6 Å². The number of aliphatic hydroxyl groups is 1. The molecule has 0 saturated carbocycles. The van der Waals surface area contributed by atoms with Crippen molar-refractivity contribution in [2.75, 3.05) is 24.6 Å². The van der Waals surface area contributed by atoms with E-state index in [4.69, 9.17) is 33.7 Å². The average Bonchev–Trinajstić information content (AvgIpc) is 3.38. The number of ether oxygens (including phenoxy) is 1. The van der Waals surface area contributed by atoms with Gasteiger partial charge in [0, 0.05) is 35.7 Å². The van der Waals surface area contributed by atoms with Crippen LogP contribution in [0.5, 0.6) is 0 Å². The van der Waals surface area contributed by atoms with Crippen molar-refractivity contribution in [2.24, 2.45) is 11.1 Å². The first kappa shape index (κ1) is 22.4. The summed E-state index contributed by atoms with van der Waals surface area (Å²) in [6.45, 7) is 3.88. The minimum atomic E-state index is -0.295. The third kappa shape index (κ3) is 3.47. The van der Waals surface area contributed by atoms with Gasteiger partial charge in [0.15, 0.2) is 11.5 Å². The zero-order valence-electron chi connectivity index (χ0n) is 18.1. The Morgan fingerprint density at radius 2 is 2.06 bits per heavy atom. The highest BCUT2D eigenvalue weighted by molar-refractivity contribution is 6.43. The normalized spacial score (nSPS) is 22.2. The van der Waals surface area contributed by atoms with Crippen molar-refractivity contribution in [2.45, 2.75) is 38.5 Å². The second-order valence-corrected chi connectivity index (χ2v) is 9.61. The molecule has 10 heteroatoms. The molecule has 5 rings (SSSR count). The lowest BCUT2D eigenvalue weighted by Crippen LogP contribution is -2.51. The predicted octanol–water partition coefficient (Wildman–Crippen LogP) is 3.40. The van der Waals surface area contributed by atoms with E-state index in [9.17, 15) is 10.4 Å². The zero-order valence-corrected chi connectivity index (χ0v) is 19.6. The van der Waals surface area contributed by atoms with Gasteiger partial charge in [0.2, 0.25) is 0 Å². The number of aromatic nitrogens is 3. The average molecular weight is 487 g/mol. The van der Waals surface area contributed by atoms with Crippen LogP contribution in [0.3, 0.4) is 0 Å². The highest BCUT2D eigenvalue weighted by atomic mass is 35.5. The van der Waals surface area contributed by atoms with Crippen molar-refractivity contribution in [3.63, 3.8) is 0 Å². The molecule has 33 heavy (non-hydrogen) atoms. The second-order valence-electron chi connectivity index (χ2n) is 8.83. The molecule has 2 fully saturated rings. The van der Waals surface area contributed by atoms with Crippen molar-refractivity contribution < 1.29 is 9.84 Å². The van der Waals surface area contributed by atoms with Crippen molar-refractivity contribution in [3.8, 4) is 17.2 Å². The van der Waals surface area contributed by atoms with Crippen molar-refractivity contribution in [1.29, 1.82) is 5.26 Å². The van der Waals surface area contributed by atoms with Crippen LogP contribution in [0.2, 0.25) is 10.0 Å². The quantitative estimate of drug-likeness (QED) is 0.582. The van der Waals surface area contributed by atoms with Gasteiger partial charge in [-0.15, -0.1) is 10.2 Å². The third-order valence-electron chi connectivity index (χ3n) is 7.14. The SMILES string of the molecule is CC1OCC2(CCN(c3cc(C#N)c(-c4cccc(Cl)c4Cl)c4nnc(CO)n34)CC2)C1N.